The number of hydrogen-bond donors (Lipinski definition) is 2. The van der Waals surface area contributed by atoms with Crippen molar-refractivity contribution in [1.29, 1.82) is 0 Å². The number of hydrogen-bond acceptors (Lipinski definition) is 7. The number of piperidine rings is 3. The summed E-state index contributed by atoms with van der Waals surface area (Å²) < 4.78 is 16.5. The van der Waals surface area contributed by atoms with Gasteiger partial charge in [0.15, 0.2) is 5.69 Å². The molecule has 3 fully saturated rings. The molecule has 194 valence electrons. The fourth-order valence-corrected chi connectivity index (χ4v) is 5.34. The van der Waals surface area contributed by atoms with E-state index < -0.39 is 12.1 Å². The van der Waals surface area contributed by atoms with Crippen molar-refractivity contribution in [3.63, 3.8) is 0 Å². The number of benzene rings is 2. The zero-order valence-corrected chi connectivity index (χ0v) is 21.1. The second-order valence-corrected chi connectivity index (χ2v) is 9.63. The van der Waals surface area contributed by atoms with Crippen LogP contribution in [-0.4, -0.2) is 60.0 Å². The van der Waals surface area contributed by atoms with E-state index in [0.29, 0.717) is 35.4 Å². The van der Waals surface area contributed by atoms with Crippen LogP contribution in [0.15, 0.2) is 54.6 Å². The molecule has 1 amide bonds. The third-order valence-electron chi connectivity index (χ3n) is 7.36. The van der Waals surface area contributed by atoms with Crippen molar-refractivity contribution in [3.05, 3.63) is 82.7 Å². The standard InChI is InChI=1S/C28H32N4O5/c1-18-24(30-31-26(18)27(33)35-2)17-36-21-10-6-7-19(13-21)14-29-28(34)37-25-16-32-12-11-22(25)23(15-32)20-8-4-3-5-9-20/h3-10,13,22-23,25H,11-12,14-17H2,1-2H3,(H,29,34)(H,30,31)/t22?,23?,25-/m0/s1. The first-order valence-corrected chi connectivity index (χ1v) is 12.6. The Morgan fingerprint density at radius 1 is 1.14 bits per heavy atom. The van der Waals surface area contributed by atoms with Gasteiger partial charge in [-0.15, -0.1) is 0 Å². The van der Waals surface area contributed by atoms with Crippen molar-refractivity contribution < 1.29 is 23.8 Å². The van der Waals surface area contributed by atoms with E-state index in [1.807, 2.05) is 30.3 Å². The first-order valence-electron chi connectivity index (χ1n) is 12.6. The Bertz CT molecular complexity index is 1240. The molecule has 2 N–H and O–H groups in total. The van der Waals surface area contributed by atoms with Crippen LogP contribution in [0, 0.1) is 12.8 Å². The molecule has 6 rings (SSSR count). The molecule has 37 heavy (non-hydrogen) atoms. The lowest BCUT2D eigenvalue weighted by Gasteiger charge is -2.49. The Morgan fingerprint density at radius 2 is 1.97 bits per heavy atom. The number of methoxy groups -OCH3 is 1. The van der Waals surface area contributed by atoms with E-state index >= 15 is 0 Å². The fourth-order valence-electron chi connectivity index (χ4n) is 5.34. The molecule has 0 spiro atoms. The minimum absolute atomic E-state index is 0.116. The van der Waals surface area contributed by atoms with Crippen molar-refractivity contribution in [2.24, 2.45) is 5.92 Å². The summed E-state index contributed by atoms with van der Waals surface area (Å²) in [4.78, 5) is 26.8. The minimum Gasteiger partial charge on any atom is -0.487 e. The minimum atomic E-state index is -0.492. The molecule has 3 unspecified atom stereocenters. The Balaban J connectivity index is 1.14. The summed E-state index contributed by atoms with van der Waals surface area (Å²) in [5.41, 5.74) is 3.83. The van der Waals surface area contributed by atoms with E-state index in [4.69, 9.17) is 14.2 Å². The fraction of sp³-hybridized carbons (Fsp3) is 0.393. The second-order valence-electron chi connectivity index (χ2n) is 9.63. The lowest BCUT2D eigenvalue weighted by Crippen LogP contribution is -2.56. The first kappa shape index (κ1) is 24.8. The lowest BCUT2D eigenvalue weighted by molar-refractivity contribution is -0.0459. The van der Waals surface area contributed by atoms with Gasteiger partial charge in [0.2, 0.25) is 0 Å². The van der Waals surface area contributed by atoms with Gasteiger partial charge in [-0.2, -0.15) is 5.10 Å². The number of rotatable bonds is 8. The molecule has 2 aromatic carbocycles. The highest BCUT2D eigenvalue weighted by molar-refractivity contribution is 5.88. The molecule has 3 aliphatic heterocycles. The molecular formula is C28H32N4O5. The smallest absolute Gasteiger partial charge is 0.407 e. The molecule has 4 heterocycles. The van der Waals surface area contributed by atoms with Gasteiger partial charge < -0.3 is 19.5 Å². The number of H-pyrrole nitrogens is 1. The predicted octanol–water partition coefficient (Wildman–Crippen LogP) is 3.80. The molecule has 3 aromatic rings. The molecule has 4 atom stereocenters. The van der Waals surface area contributed by atoms with Crippen LogP contribution in [0.1, 0.15) is 45.2 Å². The van der Waals surface area contributed by atoms with Gasteiger partial charge in [-0.25, -0.2) is 9.59 Å². The van der Waals surface area contributed by atoms with Gasteiger partial charge in [-0.1, -0.05) is 42.5 Å². The quantitative estimate of drug-likeness (QED) is 0.450. The number of aromatic nitrogens is 2. The van der Waals surface area contributed by atoms with E-state index in [1.165, 1.54) is 12.7 Å². The van der Waals surface area contributed by atoms with Crippen LogP contribution < -0.4 is 10.1 Å². The number of alkyl carbamates (subject to hydrolysis) is 1. The summed E-state index contributed by atoms with van der Waals surface area (Å²) in [6, 6.07) is 18.0. The normalized spacial score (nSPS) is 22.3. The van der Waals surface area contributed by atoms with Crippen LogP contribution in [0.5, 0.6) is 5.75 Å². The van der Waals surface area contributed by atoms with E-state index in [1.54, 1.807) is 6.92 Å². The Hall–Kier alpha value is -3.85. The molecule has 3 aliphatic rings. The predicted molar refractivity (Wildman–Crippen MR) is 136 cm³/mol. The van der Waals surface area contributed by atoms with Crippen molar-refractivity contribution in [2.75, 3.05) is 26.7 Å². The first-order chi connectivity index (χ1) is 18.0. The van der Waals surface area contributed by atoms with Gasteiger partial charge in [0.1, 0.15) is 18.5 Å². The number of ether oxygens (including phenoxy) is 3. The van der Waals surface area contributed by atoms with Crippen LogP contribution in [0.3, 0.4) is 0 Å². The van der Waals surface area contributed by atoms with Crippen LogP contribution in [0.25, 0.3) is 0 Å². The Morgan fingerprint density at radius 3 is 2.76 bits per heavy atom. The number of nitrogens with one attached hydrogen (secondary N) is 2. The molecule has 3 saturated heterocycles. The number of carbonyl (C=O) groups excluding carboxylic acids is 2. The highest BCUT2D eigenvalue weighted by atomic mass is 16.6. The van der Waals surface area contributed by atoms with Gasteiger partial charge >= 0.3 is 12.1 Å². The summed E-state index contributed by atoms with van der Waals surface area (Å²) in [5, 5.41) is 9.72. The summed E-state index contributed by atoms with van der Waals surface area (Å²) in [7, 11) is 1.32. The van der Waals surface area contributed by atoms with E-state index in [-0.39, 0.29) is 18.4 Å². The molecule has 0 saturated carbocycles. The van der Waals surface area contributed by atoms with Gasteiger partial charge in [0, 0.05) is 37.0 Å². The number of nitrogens with zero attached hydrogens (tertiary/aromatic N) is 2. The Kier molecular flexibility index (Phi) is 7.41. The number of esters is 1. The van der Waals surface area contributed by atoms with Crippen molar-refractivity contribution in [3.8, 4) is 5.75 Å². The molecule has 0 radical (unpaired) electrons. The average Bonchev–Trinajstić information content (AvgIpc) is 3.31. The average molecular weight is 505 g/mol. The maximum absolute atomic E-state index is 12.7. The maximum atomic E-state index is 12.7. The summed E-state index contributed by atoms with van der Waals surface area (Å²) >= 11 is 0. The SMILES string of the molecule is COC(=O)c1n[nH]c(COc2cccc(CNC(=O)O[C@H]3CN4CCC3C(c3ccccc3)C4)c2)c1C. The van der Waals surface area contributed by atoms with Gasteiger partial charge in [0.25, 0.3) is 0 Å². The summed E-state index contributed by atoms with van der Waals surface area (Å²) in [6.45, 7) is 5.20. The molecule has 0 aliphatic carbocycles. The second kappa shape index (κ2) is 11.0. The molecule has 2 bridgehead atoms. The number of carbonyl (C=O) groups is 2. The third-order valence-corrected chi connectivity index (χ3v) is 7.36. The van der Waals surface area contributed by atoms with Gasteiger partial charge in [-0.05, 0) is 43.1 Å². The zero-order valence-electron chi connectivity index (χ0n) is 21.1. The van der Waals surface area contributed by atoms with Gasteiger partial charge in [0.05, 0.1) is 12.8 Å². The molecular weight excluding hydrogens is 472 g/mol. The molecule has 9 heteroatoms. The van der Waals surface area contributed by atoms with Crippen LogP contribution >= 0.6 is 0 Å². The molecule has 9 nitrogen and oxygen atoms in total. The van der Waals surface area contributed by atoms with E-state index in [9.17, 15) is 9.59 Å². The number of amides is 1. The molecule has 1 aromatic heterocycles. The van der Waals surface area contributed by atoms with E-state index in [0.717, 1.165) is 31.6 Å². The van der Waals surface area contributed by atoms with Crippen molar-refractivity contribution in [1.82, 2.24) is 20.4 Å². The van der Waals surface area contributed by atoms with Crippen LogP contribution in [0.4, 0.5) is 4.79 Å². The van der Waals surface area contributed by atoms with Gasteiger partial charge in [-0.3, -0.25) is 10.00 Å². The van der Waals surface area contributed by atoms with Crippen molar-refractivity contribution in [2.45, 2.75) is 38.5 Å². The van der Waals surface area contributed by atoms with E-state index in [2.05, 4.69) is 44.7 Å². The topological polar surface area (TPSA) is 106 Å². The zero-order chi connectivity index (χ0) is 25.8. The maximum Gasteiger partial charge on any atom is 0.407 e. The van der Waals surface area contributed by atoms with Crippen molar-refractivity contribution >= 4 is 12.1 Å². The number of aromatic amines is 1. The largest absolute Gasteiger partial charge is 0.487 e. The third kappa shape index (κ3) is 5.61. The van der Waals surface area contributed by atoms with Crippen LogP contribution in [-0.2, 0) is 22.6 Å². The highest BCUT2D eigenvalue weighted by Gasteiger charge is 2.43. The number of fused-ring (bicyclic) bond motifs is 3. The summed E-state index contributed by atoms with van der Waals surface area (Å²) in [5.74, 6) is 0.871. The monoisotopic (exact) mass is 504 g/mol. The van der Waals surface area contributed by atoms with Crippen LogP contribution in [0.2, 0.25) is 0 Å². The Labute approximate surface area is 216 Å². The highest BCUT2D eigenvalue weighted by Crippen LogP contribution is 2.40. The lowest BCUT2D eigenvalue weighted by atomic mass is 9.74. The summed E-state index contributed by atoms with van der Waals surface area (Å²) in [6.07, 6.45) is 0.517.